The minimum Gasteiger partial charge on any atom is -0.496 e. The third-order valence-corrected chi connectivity index (χ3v) is 5.42. The van der Waals surface area contributed by atoms with Crippen LogP contribution in [0.2, 0.25) is 0 Å². The molecular weight excluding hydrogens is 372 g/mol. The maximum Gasteiger partial charge on any atom is 0.241 e. The third kappa shape index (κ3) is 4.50. The summed E-state index contributed by atoms with van der Waals surface area (Å²) in [4.78, 5) is 12.1. The van der Waals surface area contributed by atoms with Crippen LogP contribution in [0.4, 0.5) is 0 Å². The summed E-state index contributed by atoms with van der Waals surface area (Å²) < 4.78 is 42.6. The van der Waals surface area contributed by atoms with E-state index < -0.39 is 15.9 Å². The molecule has 0 spiro atoms. The molecule has 0 atom stereocenters. The van der Waals surface area contributed by atoms with E-state index in [1.165, 1.54) is 19.2 Å². The second kappa shape index (κ2) is 7.85. The molecule has 1 aliphatic heterocycles. The van der Waals surface area contributed by atoms with E-state index in [9.17, 15) is 13.2 Å². The highest BCUT2D eigenvalue weighted by molar-refractivity contribution is 7.89. The van der Waals surface area contributed by atoms with Crippen LogP contribution >= 0.6 is 0 Å². The van der Waals surface area contributed by atoms with Gasteiger partial charge in [0.25, 0.3) is 0 Å². The van der Waals surface area contributed by atoms with Gasteiger partial charge in [-0.1, -0.05) is 6.07 Å². The van der Waals surface area contributed by atoms with E-state index in [0.717, 1.165) is 5.56 Å². The van der Waals surface area contributed by atoms with Gasteiger partial charge in [0.2, 0.25) is 22.7 Å². The molecule has 1 aliphatic rings. The van der Waals surface area contributed by atoms with E-state index in [4.69, 9.17) is 14.2 Å². The van der Waals surface area contributed by atoms with E-state index in [2.05, 4.69) is 10.0 Å². The van der Waals surface area contributed by atoms with Crippen LogP contribution in [-0.2, 0) is 21.4 Å². The van der Waals surface area contributed by atoms with Gasteiger partial charge >= 0.3 is 0 Å². The number of sulfonamides is 1. The van der Waals surface area contributed by atoms with Gasteiger partial charge in [-0.25, -0.2) is 13.1 Å². The molecule has 0 radical (unpaired) electrons. The first-order chi connectivity index (χ1) is 12.9. The van der Waals surface area contributed by atoms with Crippen LogP contribution in [0.5, 0.6) is 17.2 Å². The van der Waals surface area contributed by atoms with E-state index in [0.29, 0.717) is 22.8 Å². The van der Waals surface area contributed by atoms with Gasteiger partial charge < -0.3 is 19.5 Å². The standard InChI is InChI=1S/C18H20N2O6S/c1-12-7-14(4-6-15(12)24-2)27(22,23)20-10-18(21)19-9-13-3-5-16-17(8-13)26-11-25-16/h3-8,20H,9-11H2,1-2H3,(H,19,21). The van der Waals surface area contributed by atoms with Gasteiger partial charge in [0.05, 0.1) is 18.6 Å². The number of ether oxygens (including phenoxy) is 3. The predicted molar refractivity (Wildman–Crippen MR) is 97.3 cm³/mol. The summed E-state index contributed by atoms with van der Waals surface area (Å²) in [6.07, 6.45) is 0. The van der Waals surface area contributed by atoms with Gasteiger partial charge in [0, 0.05) is 6.54 Å². The fraction of sp³-hybridized carbons (Fsp3) is 0.278. The summed E-state index contributed by atoms with van der Waals surface area (Å²) in [5.74, 6) is 1.43. The van der Waals surface area contributed by atoms with E-state index >= 15 is 0 Å². The molecule has 3 rings (SSSR count). The van der Waals surface area contributed by atoms with Crippen molar-refractivity contribution in [2.24, 2.45) is 0 Å². The molecule has 2 aromatic carbocycles. The average Bonchev–Trinajstić information content (AvgIpc) is 3.12. The Labute approximate surface area is 157 Å². The second-order valence-electron chi connectivity index (χ2n) is 5.92. The number of rotatable bonds is 7. The topological polar surface area (TPSA) is 103 Å². The molecule has 0 aliphatic carbocycles. The highest BCUT2D eigenvalue weighted by Crippen LogP contribution is 2.32. The number of hydrogen-bond donors (Lipinski definition) is 2. The average molecular weight is 392 g/mol. The molecular formula is C18H20N2O6S. The Bertz CT molecular complexity index is 958. The highest BCUT2D eigenvalue weighted by Gasteiger charge is 2.17. The first kappa shape index (κ1) is 19.0. The summed E-state index contributed by atoms with van der Waals surface area (Å²) in [5, 5.41) is 2.66. The fourth-order valence-electron chi connectivity index (χ4n) is 2.58. The molecule has 2 aromatic rings. The van der Waals surface area contributed by atoms with Crippen LogP contribution in [0.3, 0.4) is 0 Å². The molecule has 0 fully saturated rings. The zero-order valence-corrected chi connectivity index (χ0v) is 15.8. The summed E-state index contributed by atoms with van der Waals surface area (Å²) >= 11 is 0. The van der Waals surface area contributed by atoms with E-state index in [1.807, 2.05) is 0 Å². The van der Waals surface area contributed by atoms with Crippen molar-refractivity contribution >= 4 is 15.9 Å². The molecule has 0 saturated heterocycles. The first-order valence-corrected chi connectivity index (χ1v) is 9.67. The molecule has 0 bridgehead atoms. The zero-order chi connectivity index (χ0) is 19.4. The SMILES string of the molecule is COc1ccc(S(=O)(=O)NCC(=O)NCc2ccc3c(c2)OCO3)cc1C. The van der Waals surface area contributed by atoms with Gasteiger partial charge in [-0.2, -0.15) is 0 Å². The zero-order valence-electron chi connectivity index (χ0n) is 14.9. The molecule has 27 heavy (non-hydrogen) atoms. The molecule has 144 valence electrons. The number of nitrogens with one attached hydrogen (secondary N) is 2. The van der Waals surface area contributed by atoms with E-state index in [1.54, 1.807) is 31.2 Å². The Hall–Kier alpha value is -2.78. The minimum atomic E-state index is -3.80. The molecule has 1 amide bonds. The summed E-state index contributed by atoms with van der Waals surface area (Å²) in [6, 6.07) is 9.83. The largest absolute Gasteiger partial charge is 0.496 e. The van der Waals surface area contributed by atoms with Gasteiger partial charge in [0.1, 0.15) is 5.75 Å². The first-order valence-electron chi connectivity index (χ1n) is 8.18. The third-order valence-electron chi connectivity index (χ3n) is 4.03. The van der Waals surface area contributed by atoms with Gasteiger partial charge in [-0.05, 0) is 48.4 Å². The molecule has 0 unspecified atom stereocenters. The summed E-state index contributed by atoms with van der Waals surface area (Å²) in [7, 11) is -2.28. The normalized spacial score (nSPS) is 12.7. The second-order valence-corrected chi connectivity index (χ2v) is 7.69. The Morgan fingerprint density at radius 3 is 2.67 bits per heavy atom. The quantitative estimate of drug-likeness (QED) is 0.737. The number of methoxy groups -OCH3 is 1. The Balaban J connectivity index is 1.54. The summed E-state index contributed by atoms with van der Waals surface area (Å²) in [5.41, 5.74) is 1.51. The van der Waals surface area contributed by atoms with Crippen LogP contribution in [-0.4, -0.2) is 34.8 Å². The number of hydrogen-bond acceptors (Lipinski definition) is 6. The number of benzene rings is 2. The van der Waals surface area contributed by atoms with Crippen molar-refractivity contribution in [2.45, 2.75) is 18.4 Å². The number of aryl methyl sites for hydroxylation is 1. The maximum absolute atomic E-state index is 12.3. The Kier molecular flexibility index (Phi) is 5.52. The lowest BCUT2D eigenvalue weighted by atomic mass is 10.2. The van der Waals surface area contributed by atoms with Crippen molar-refractivity contribution in [3.8, 4) is 17.2 Å². The fourth-order valence-corrected chi connectivity index (χ4v) is 3.64. The molecule has 0 aromatic heterocycles. The van der Waals surface area contributed by atoms with Crippen molar-refractivity contribution in [3.05, 3.63) is 47.5 Å². The highest BCUT2D eigenvalue weighted by atomic mass is 32.2. The molecule has 2 N–H and O–H groups in total. The Morgan fingerprint density at radius 1 is 1.15 bits per heavy atom. The van der Waals surface area contributed by atoms with Crippen LogP contribution in [0.1, 0.15) is 11.1 Å². The molecule has 9 heteroatoms. The number of amides is 1. The Morgan fingerprint density at radius 2 is 1.93 bits per heavy atom. The van der Waals surface area contributed by atoms with Gasteiger partial charge in [-0.15, -0.1) is 0 Å². The number of carbonyl (C=O) groups is 1. The molecule has 1 heterocycles. The molecule has 8 nitrogen and oxygen atoms in total. The van der Waals surface area contributed by atoms with Gasteiger partial charge in [-0.3, -0.25) is 4.79 Å². The lowest BCUT2D eigenvalue weighted by Crippen LogP contribution is -2.36. The van der Waals surface area contributed by atoms with Crippen molar-refractivity contribution in [1.82, 2.24) is 10.0 Å². The van der Waals surface area contributed by atoms with Crippen LogP contribution in [0.25, 0.3) is 0 Å². The number of fused-ring (bicyclic) bond motifs is 1. The summed E-state index contributed by atoms with van der Waals surface area (Å²) in [6.45, 7) is 1.81. The van der Waals surface area contributed by atoms with E-state index in [-0.39, 0.29) is 24.8 Å². The van der Waals surface area contributed by atoms with Gasteiger partial charge in [0.15, 0.2) is 11.5 Å². The van der Waals surface area contributed by atoms with Crippen LogP contribution in [0, 0.1) is 6.92 Å². The van der Waals surface area contributed by atoms with Crippen molar-refractivity contribution in [2.75, 3.05) is 20.4 Å². The monoisotopic (exact) mass is 392 g/mol. The smallest absolute Gasteiger partial charge is 0.241 e. The molecule has 0 saturated carbocycles. The maximum atomic E-state index is 12.3. The lowest BCUT2D eigenvalue weighted by molar-refractivity contribution is -0.120. The lowest BCUT2D eigenvalue weighted by Gasteiger charge is -2.10. The van der Waals surface area contributed by atoms with Crippen LogP contribution in [0.15, 0.2) is 41.3 Å². The number of carbonyl (C=O) groups excluding carboxylic acids is 1. The minimum absolute atomic E-state index is 0.0735. The predicted octanol–water partition coefficient (Wildman–Crippen LogP) is 1.33. The van der Waals surface area contributed by atoms with Crippen LogP contribution < -0.4 is 24.2 Å². The van der Waals surface area contributed by atoms with Crippen molar-refractivity contribution in [1.29, 1.82) is 0 Å². The van der Waals surface area contributed by atoms with Crippen molar-refractivity contribution < 1.29 is 27.4 Å². The van der Waals surface area contributed by atoms with Crippen molar-refractivity contribution in [3.63, 3.8) is 0 Å².